The van der Waals surface area contributed by atoms with Crippen molar-refractivity contribution in [1.29, 1.82) is 0 Å². The highest BCUT2D eigenvalue weighted by Gasteiger charge is 1.98. The van der Waals surface area contributed by atoms with Crippen LogP contribution in [0, 0.1) is 0 Å². The molecule has 0 radical (unpaired) electrons. The maximum Gasteiger partial charge on any atom is 0.150 e. The van der Waals surface area contributed by atoms with Gasteiger partial charge in [0.05, 0.1) is 158 Å². The number of benzene rings is 1. The van der Waals surface area contributed by atoms with Crippen LogP contribution in [0.5, 0.6) is 5.75 Å². The minimum Gasteiger partial charge on any atom is -0.491 e. The third kappa shape index (κ3) is 32.7. The predicted molar refractivity (Wildman–Crippen MR) is 177 cm³/mol. The van der Waals surface area contributed by atoms with Crippen molar-refractivity contribution in [1.82, 2.24) is 0 Å². The molecule has 280 valence electrons. The van der Waals surface area contributed by atoms with E-state index in [0.29, 0.717) is 170 Å². The molecule has 0 bridgehead atoms. The summed E-state index contributed by atoms with van der Waals surface area (Å²) < 4.78 is 71.0. The van der Waals surface area contributed by atoms with Crippen LogP contribution in [0.4, 0.5) is 0 Å². The molecule has 0 amide bonds. The second-order valence-corrected chi connectivity index (χ2v) is 10.2. The molecular weight excluding hydrogens is 632 g/mol. The number of carbonyl (C=O) groups excluding carboxylic acids is 1. The van der Waals surface area contributed by atoms with Gasteiger partial charge < -0.3 is 61.6 Å². The van der Waals surface area contributed by atoms with Crippen LogP contribution in [0.2, 0.25) is 0 Å². The lowest BCUT2D eigenvalue weighted by atomic mass is 10.2. The first-order valence-electron chi connectivity index (χ1n) is 16.9. The minimum atomic E-state index is 0.228. The molecule has 0 heterocycles. The second kappa shape index (κ2) is 36.5. The summed E-state index contributed by atoms with van der Waals surface area (Å²) in [6.07, 6.45) is 1.03. The van der Waals surface area contributed by atoms with Gasteiger partial charge in [-0.3, -0.25) is 4.79 Å². The zero-order valence-corrected chi connectivity index (χ0v) is 29.2. The van der Waals surface area contributed by atoms with E-state index in [1.54, 1.807) is 24.3 Å². The van der Waals surface area contributed by atoms with E-state index in [9.17, 15) is 4.79 Å². The molecule has 0 aliphatic rings. The van der Waals surface area contributed by atoms with Crippen molar-refractivity contribution < 1.29 is 66.4 Å². The van der Waals surface area contributed by atoms with Gasteiger partial charge in [0.2, 0.25) is 0 Å². The van der Waals surface area contributed by atoms with Crippen LogP contribution in [0.25, 0.3) is 0 Å². The Balaban J connectivity index is 1.63. The Hall–Kier alpha value is -1.79. The van der Waals surface area contributed by atoms with Crippen LogP contribution in [-0.4, -0.2) is 171 Å². The molecule has 0 aliphatic carbocycles. The van der Waals surface area contributed by atoms with Crippen LogP contribution in [-0.2, 0) is 56.8 Å². The first-order chi connectivity index (χ1) is 23.7. The first kappa shape index (κ1) is 44.2. The van der Waals surface area contributed by atoms with E-state index in [2.05, 4.69) is 0 Å². The molecule has 0 N–H and O–H groups in total. The molecule has 0 spiro atoms. The lowest BCUT2D eigenvalue weighted by Gasteiger charge is -2.09. The third-order valence-electron chi connectivity index (χ3n) is 5.91. The van der Waals surface area contributed by atoms with Gasteiger partial charge in [-0.2, -0.15) is 0 Å². The fourth-order valence-corrected chi connectivity index (χ4v) is 3.50. The summed E-state index contributed by atoms with van der Waals surface area (Å²) >= 11 is 0. The molecule has 0 saturated heterocycles. The summed E-state index contributed by atoms with van der Waals surface area (Å²) in [6, 6.07) is 6.93. The van der Waals surface area contributed by atoms with Gasteiger partial charge in [-0.1, -0.05) is 0 Å². The van der Waals surface area contributed by atoms with E-state index in [1.807, 2.05) is 13.8 Å². The zero-order valence-electron chi connectivity index (χ0n) is 29.2. The molecule has 48 heavy (non-hydrogen) atoms. The predicted octanol–water partition coefficient (Wildman–Crippen LogP) is 2.49. The van der Waals surface area contributed by atoms with Crippen LogP contribution < -0.4 is 4.74 Å². The molecule has 14 nitrogen and oxygen atoms in total. The molecule has 1 aromatic rings. The lowest BCUT2D eigenvalue weighted by Crippen LogP contribution is -2.15. The topological polar surface area (TPSA) is 137 Å². The maximum absolute atomic E-state index is 10.6. The number of ether oxygens (including phenoxy) is 13. The fourth-order valence-electron chi connectivity index (χ4n) is 3.50. The molecule has 1 aromatic carbocycles. The standard InChI is InChI=1S/C34H60O14/c1-32(2)47-29-27-45-25-23-43-21-19-41-17-15-39-13-11-37-9-7-36-8-10-38-12-14-40-16-18-42-20-22-44-24-26-46-28-30-48-34-5-3-33(31-35)4-6-34/h3-6,31-32H,7-30H2,1-2H3. The molecule has 0 unspecified atom stereocenters. The number of hydrogen-bond donors (Lipinski definition) is 0. The molecule has 0 atom stereocenters. The average molecular weight is 693 g/mol. The van der Waals surface area contributed by atoms with Crippen LogP contribution >= 0.6 is 0 Å². The van der Waals surface area contributed by atoms with E-state index in [1.165, 1.54) is 0 Å². The Bertz CT molecular complexity index is 784. The summed E-state index contributed by atoms with van der Waals surface area (Å²) in [4.78, 5) is 10.6. The summed E-state index contributed by atoms with van der Waals surface area (Å²) in [7, 11) is 0. The third-order valence-corrected chi connectivity index (χ3v) is 5.91. The van der Waals surface area contributed by atoms with Crippen molar-refractivity contribution in [2.24, 2.45) is 0 Å². The highest BCUT2D eigenvalue weighted by molar-refractivity contribution is 5.74. The molecule has 0 saturated carbocycles. The molecule has 0 fully saturated rings. The van der Waals surface area contributed by atoms with Crippen molar-refractivity contribution in [3.05, 3.63) is 29.8 Å². The van der Waals surface area contributed by atoms with Gasteiger partial charge in [-0.15, -0.1) is 0 Å². The van der Waals surface area contributed by atoms with Crippen molar-refractivity contribution in [2.75, 3.05) is 159 Å². The number of aldehydes is 1. The quantitative estimate of drug-likeness (QED) is 0.0738. The van der Waals surface area contributed by atoms with Gasteiger partial charge in [-0.05, 0) is 38.1 Å². The van der Waals surface area contributed by atoms with Crippen LogP contribution in [0.15, 0.2) is 24.3 Å². The van der Waals surface area contributed by atoms with E-state index < -0.39 is 0 Å². The zero-order chi connectivity index (χ0) is 34.4. The van der Waals surface area contributed by atoms with Gasteiger partial charge in [-0.25, -0.2) is 0 Å². The average Bonchev–Trinajstić information content (AvgIpc) is 3.09. The molecule has 0 aromatic heterocycles. The number of hydrogen-bond acceptors (Lipinski definition) is 14. The van der Waals surface area contributed by atoms with E-state index in [4.69, 9.17) is 61.6 Å². The summed E-state index contributed by atoms with van der Waals surface area (Å²) in [5.74, 6) is 0.703. The summed E-state index contributed by atoms with van der Waals surface area (Å²) in [5.41, 5.74) is 0.618. The monoisotopic (exact) mass is 692 g/mol. The van der Waals surface area contributed by atoms with Gasteiger partial charge in [0.15, 0.2) is 0 Å². The van der Waals surface area contributed by atoms with E-state index in [0.717, 1.165) is 6.29 Å². The van der Waals surface area contributed by atoms with Crippen LogP contribution in [0.1, 0.15) is 24.2 Å². The second-order valence-electron chi connectivity index (χ2n) is 10.2. The number of rotatable bonds is 39. The van der Waals surface area contributed by atoms with Crippen molar-refractivity contribution in [2.45, 2.75) is 20.0 Å². The maximum atomic E-state index is 10.6. The highest BCUT2D eigenvalue weighted by atomic mass is 16.6. The van der Waals surface area contributed by atoms with E-state index >= 15 is 0 Å². The minimum absolute atomic E-state index is 0.228. The number of carbonyl (C=O) groups is 1. The van der Waals surface area contributed by atoms with Gasteiger partial charge in [0, 0.05) is 5.56 Å². The molecular formula is C34H60O14. The van der Waals surface area contributed by atoms with Crippen molar-refractivity contribution >= 4 is 6.29 Å². The fraction of sp³-hybridized carbons (Fsp3) is 0.794. The normalized spacial score (nSPS) is 11.5. The Morgan fingerprint density at radius 1 is 0.396 bits per heavy atom. The van der Waals surface area contributed by atoms with Crippen molar-refractivity contribution in [3.8, 4) is 5.75 Å². The molecule has 0 aliphatic heterocycles. The Labute approximate surface area is 286 Å². The summed E-state index contributed by atoms with van der Waals surface area (Å²) in [6.45, 7) is 16.2. The summed E-state index contributed by atoms with van der Waals surface area (Å²) in [5, 5.41) is 0. The lowest BCUT2D eigenvalue weighted by molar-refractivity contribution is -0.0294. The molecule has 1 rings (SSSR count). The first-order valence-corrected chi connectivity index (χ1v) is 16.9. The molecule has 14 heteroatoms. The smallest absolute Gasteiger partial charge is 0.150 e. The largest absolute Gasteiger partial charge is 0.491 e. The Morgan fingerprint density at radius 3 is 0.896 bits per heavy atom. The van der Waals surface area contributed by atoms with Gasteiger partial charge in [0.25, 0.3) is 0 Å². The Morgan fingerprint density at radius 2 is 0.646 bits per heavy atom. The van der Waals surface area contributed by atoms with Crippen LogP contribution in [0.3, 0.4) is 0 Å². The highest BCUT2D eigenvalue weighted by Crippen LogP contribution is 2.10. The van der Waals surface area contributed by atoms with E-state index in [-0.39, 0.29) is 6.10 Å². The SMILES string of the molecule is CC(C)OCCOCCOCCOCCOCCOCCOCCOCCOCCOCCOCCOCCOc1ccc(C=O)cc1. The van der Waals surface area contributed by atoms with Gasteiger partial charge >= 0.3 is 0 Å². The van der Waals surface area contributed by atoms with Crippen molar-refractivity contribution in [3.63, 3.8) is 0 Å². The Kier molecular flexibility index (Phi) is 33.6. The van der Waals surface area contributed by atoms with Gasteiger partial charge in [0.1, 0.15) is 18.6 Å².